The van der Waals surface area contributed by atoms with E-state index < -0.39 is 52.3 Å². The molecule has 2 aliphatic rings. The summed E-state index contributed by atoms with van der Waals surface area (Å²) < 4.78 is 18.4. The number of benzene rings is 1. The summed E-state index contributed by atoms with van der Waals surface area (Å²) in [6.07, 6.45) is 5.22. The maximum Gasteiger partial charge on any atom is 0.350 e. The number of pyridine rings is 1. The molecule has 53 heavy (non-hydrogen) atoms. The van der Waals surface area contributed by atoms with E-state index in [0.29, 0.717) is 11.1 Å². The Labute approximate surface area is 317 Å². The number of hydrogen-bond donors (Lipinski definition) is 5. The van der Waals surface area contributed by atoms with Gasteiger partial charge in [0.1, 0.15) is 38.6 Å². The molecule has 2 aliphatic heterocycles. The normalized spacial score (nSPS) is 17.4. The van der Waals surface area contributed by atoms with Gasteiger partial charge in [0.25, 0.3) is 11.8 Å². The number of carbonyl (C=O) groups excluding carboxylic acids is 3. The van der Waals surface area contributed by atoms with Crippen LogP contribution in [0.1, 0.15) is 30.7 Å². The highest BCUT2D eigenvalue weighted by atomic mass is 35.5. The lowest BCUT2D eigenvalue weighted by Gasteiger charge is -2.50. The summed E-state index contributed by atoms with van der Waals surface area (Å²) in [7, 11) is 0. The molecule has 1 fully saturated rings. The van der Waals surface area contributed by atoms with Crippen LogP contribution in [0.5, 0.6) is 0 Å². The lowest BCUT2D eigenvalue weighted by Crippen LogP contribution is -2.71. The number of nitrogen functional groups attached to an aromatic ring is 2. The van der Waals surface area contributed by atoms with Crippen LogP contribution >= 0.6 is 46.3 Å². The monoisotopic (exact) mass is 803 g/mol. The van der Waals surface area contributed by atoms with Gasteiger partial charge < -0.3 is 41.2 Å². The number of β-lactam (4-membered cyclic amide) rings is 1. The average molecular weight is 805 g/mol. The van der Waals surface area contributed by atoms with Gasteiger partial charge in [-0.25, -0.2) is 14.2 Å². The molecule has 4 aromatic rings. The van der Waals surface area contributed by atoms with Gasteiger partial charge in [-0.3, -0.25) is 19.9 Å². The molecule has 1 aromatic carbocycles. The molecule has 3 aromatic heterocycles. The van der Waals surface area contributed by atoms with Crippen molar-refractivity contribution in [1.82, 2.24) is 19.8 Å². The minimum atomic E-state index is -1.85. The number of oxime groups is 1. The van der Waals surface area contributed by atoms with E-state index in [1.807, 2.05) is 6.07 Å². The molecular formula is C32H28Cl2FN9O7S2. The molecule has 0 unspecified atom stereocenters. The second-order valence-electron chi connectivity index (χ2n) is 12.4. The molecule has 6 rings (SSSR count). The summed E-state index contributed by atoms with van der Waals surface area (Å²) in [5, 5.41) is 35.7. The van der Waals surface area contributed by atoms with Crippen LogP contribution in [-0.2, 0) is 37.1 Å². The fourth-order valence-electron chi connectivity index (χ4n) is 5.56. The largest absolute Gasteiger partial charge is 0.543 e. The van der Waals surface area contributed by atoms with E-state index in [9.17, 15) is 33.8 Å². The molecule has 1 saturated heterocycles. The van der Waals surface area contributed by atoms with Gasteiger partial charge in [0.05, 0.1) is 18.2 Å². The van der Waals surface area contributed by atoms with E-state index in [4.69, 9.17) is 44.9 Å². The van der Waals surface area contributed by atoms with E-state index in [2.05, 4.69) is 15.5 Å². The molecule has 5 heterocycles. The van der Waals surface area contributed by atoms with E-state index in [1.165, 1.54) is 31.7 Å². The number of thiazole rings is 1. The first-order valence-corrected chi connectivity index (χ1v) is 18.0. The zero-order valence-electron chi connectivity index (χ0n) is 27.6. The predicted molar refractivity (Wildman–Crippen MR) is 192 cm³/mol. The second-order valence-corrected chi connectivity index (χ2v) is 15.5. The van der Waals surface area contributed by atoms with Gasteiger partial charge in [-0.2, -0.15) is 4.57 Å². The van der Waals surface area contributed by atoms with Crippen LogP contribution in [0.25, 0.3) is 10.9 Å². The number of nitrogens with zero attached hydrogens (tertiary/aromatic N) is 5. The number of fused-ring (bicyclic) bond motifs is 2. The summed E-state index contributed by atoms with van der Waals surface area (Å²) in [5.74, 6) is -5.52. The van der Waals surface area contributed by atoms with Gasteiger partial charge in [0, 0.05) is 45.1 Å². The van der Waals surface area contributed by atoms with Crippen molar-refractivity contribution in [2.45, 2.75) is 44.0 Å². The molecule has 21 heteroatoms. The van der Waals surface area contributed by atoms with E-state index in [1.54, 1.807) is 33.8 Å². The summed E-state index contributed by atoms with van der Waals surface area (Å²) in [4.78, 5) is 61.1. The number of carboxylic acid groups (broad SMARTS) is 2. The Morgan fingerprint density at radius 3 is 2.66 bits per heavy atom. The summed E-state index contributed by atoms with van der Waals surface area (Å²) in [6.45, 7) is 2.50. The number of amidine groups is 1. The van der Waals surface area contributed by atoms with Crippen molar-refractivity contribution in [2.75, 3.05) is 11.5 Å². The number of halogens is 3. The number of anilines is 1. The Morgan fingerprint density at radius 1 is 1.30 bits per heavy atom. The van der Waals surface area contributed by atoms with Crippen LogP contribution < -0.4 is 26.5 Å². The summed E-state index contributed by atoms with van der Waals surface area (Å²) in [5.41, 5.74) is 9.64. The number of carbonyl (C=O) groups is 4. The topological polar surface area (TPSA) is 246 Å². The van der Waals surface area contributed by atoms with E-state index >= 15 is 0 Å². The first-order chi connectivity index (χ1) is 25.0. The quantitative estimate of drug-likeness (QED) is 0.0451. The first kappa shape index (κ1) is 37.5. The van der Waals surface area contributed by atoms with Crippen LogP contribution in [-0.4, -0.2) is 77.6 Å². The summed E-state index contributed by atoms with van der Waals surface area (Å²) >= 11 is 14.6. The molecule has 0 radical (unpaired) electrons. The molecule has 2 atom stereocenters. The van der Waals surface area contributed by atoms with Crippen molar-refractivity contribution < 1.29 is 43.2 Å². The lowest BCUT2D eigenvalue weighted by atomic mass is 10.0. The molecule has 0 bridgehead atoms. The van der Waals surface area contributed by atoms with Crippen LogP contribution in [0, 0.1) is 11.2 Å². The maximum absolute atomic E-state index is 15.0. The molecule has 16 nitrogen and oxygen atoms in total. The number of hydrogen-bond acceptors (Lipinski definition) is 12. The standard InChI is InChI=1S/C32H28Cl2FN9O7S2/c1-32(2,30(49)50)51-41-21(20-24(34)53-31(38)40-20)26(45)39-22-27(46)44-23(29(47)48)15(12-52-28(22)44)9-42-5-3-13-4-6-43(19(13)11-42)10-16-17(33)7-14(25(36)37)8-18(16)35/h3-8,11,22,28H,9-10,12H2,1-2H3,(H7-,36,37,38,39,40,45,47,48,49,50)/t22-,28-/m1/s1. The fraction of sp³-hybridized carbons (Fsp3) is 0.250. The van der Waals surface area contributed by atoms with Crippen molar-refractivity contribution in [3.05, 3.63) is 86.1 Å². The number of amides is 2. The Bertz CT molecular complexity index is 2290. The lowest BCUT2D eigenvalue weighted by molar-refractivity contribution is -0.687. The zero-order chi connectivity index (χ0) is 38.5. The molecule has 7 N–H and O–H groups in total. The Morgan fingerprint density at radius 2 is 2.04 bits per heavy atom. The minimum absolute atomic E-state index is 0.0167. The Kier molecular flexibility index (Phi) is 10.1. The van der Waals surface area contributed by atoms with Gasteiger partial charge >= 0.3 is 5.97 Å². The van der Waals surface area contributed by atoms with Gasteiger partial charge in [-0.1, -0.05) is 39.7 Å². The number of nitrogens with one attached hydrogen (secondary N) is 2. The Balaban J connectivity index is 1.23. The SMILES string of the molecule is CC(C)(ON=C(C(=O)N[C@@H]1C(=O)N2C(C(=O)[O-])=C(C[n+]3ccc4ccn(Cc5c(F)cc(C(=N)N)cc5Cl)c4c3)CS[C@H]12)c1nc(N)sc1Cl)C(=O)O. The number of aliphatic carboxylic acids is 2. The molecule has 2 amide bonds. The van der Waals surface area contributed by atoms with Crippen molar-refractivity contribution in [2.24, 2.45) is 10.9 Å². The third-order valence-corrected chi connectivity index (χ3v) is 11.1. The third-order valence-electron chi connectivity index (χ3n) is 8.38. The van der Waals surface area contributed by atoms with Crippen molar-refractivity contribution in [3.63, 3.8) is 0 Å². The molecule has 0 aliphatic carbocycles. The van der Waals surface area contributed by atoms with Crippen molar-refractivity contribution >= 4 is 97.6 Å². The first-order valence-electron chi connectivity index (χ1n) is 15.4. The molecule has 0 spiro atoms. The molecule has 0 saturated carbocycles. The molecule has 276 valence electrons. The van der Waals surface area contributed by atoms with Crippen molar-refractivity contribution in [1.29, 1.82) is 5.41 Å². The average Bonchev–Trinajstić information content (AvgIpc) is 3.65. The number of thioether (sulfide) groups is 1. The zero-order valence-corrected chi connectivity index (χ0v) is 30.7. The highest BCUT2D eigenvalue weighted by Crippen LogP contribution is 2.40. The minimum Gasteiger partial charge on any atom is -0.543 e. The fourth-order valence-corrected chi connectivity index (χ4v) is 8.09. The molecular weight excluding hydrogens is 776 g/mol. The maximum atomic E-state index is 15.0. The van der Waals surface area contributed by atoms with Crippen LogP contribution in [0.3, 0.4) is 0 Å². The summed E-state index contributed by atoms with van der Waals surface area (Å²) in [6, 6.07) is 4.97. The predicted octanol–water partition coefficient (Wildman–Crippen LogP) is 1.43. The smallest absolute Gasteiger partial charge is 0.350 e. The highest BCUT2D eigenvalue weighted by Gasteiger charge is 2.53. The van der Waals surface area contributed by atoms with Gasteiger partial charge in [-0.05, 0) is 32.0 Å². The Hall–Kier alpha value is -5.24. The number of carboxylic acids is 2. The van der Waals surface area contributed by atoms with E-state index in [-0.39, 0.29) is 61.7 Å². The van der Waals surface area contributed by atoms with Crippen molar-refractivity contribution in [3.8, 4) is 0 Å². The van der Waals surface area contributed by atoms with E-state index in [0.717, 1.165) is 27.7 Å². The third kappa shape index (κ3) is 7.24. The highest BCUT2D eigenvalue weighted by molar-refractivity contribution is 8.00. The van der Waals surface area contributed by atoms with Gasteiger partial charge in [0.2, 0.25) is 5.60 Å². The second kappa shape index (κ2) is 14.3. The van der Waals surface area contributed by atoms with Gasteiger partial charge in [-0.15, -0.1) is 11.8 Å². The number of nitrogens with two attached hydrogens (primary N) is 2. The van der Waals surface area contributed by atoms with Crippen LogP contribution in [0.15, 0.2) is 59.3 Å². The van der Waals surface area contributed by atoms with Crippen LogP contribution in [0.2, 0.25) is 9.36 Å². The number of aromatic nitrogens is 3. The van der Waals surface area contributed by atoms with Gasteiger partial charge in [0.15, 0.2) is 29.8 Å². The number of rotatable bonds is 12. The van der Waals surface area contributed by atoms with Crippen LogP contribution in [0.4, 0.5) is 9.52 Å².